The minimum absolute atomic E-state index is 0.116. The molecular formula is C16H18N2O4. The first-order chi connectivity index (χ1) is 10.5. The van der Waals surface area contributed by atoms with Gasteiger partial charge in [-0.15, -0.1) is 0 Å². The third-order valence-electron chi connectivity index (χ3n) is 3.42. The number of nitro benzene ring substituents is 1. The van der Waals surface area contributed by atoms with Crippen molar-refractivity contribution >= 4 is 11.4 Å². The van der Waals surface area contributed by atoms with Crippen LogP contribution in [0.15, 0.2) is 36.4 Å². The summed E-state index contributed by atoms with van der Waals surface area (Å²) >= 11 is 0. The van der Waals surface area contributed by atoms with Crippen molar-refractivity contribution in [1.82, 2.24) is 0 Å². The van der Waals surface area contributed by atoms with Gasteiger partial charge in [-0.05, 0) is 30.7 Å². The van der Waals surface area contributed by atoms with Crippen LogP contribution in [-0.4, -0.2) is 17.1 Å². The molecule has 116 valence electrons. The Bertz CT molecular complexity index is 686. The highest BCUT2D eigenvalue weighted by atomic mass is 16.6. The van der Waals surface area contributed by atoms with Crippen molar-refractivity contribution in [3.63, 3.8) is 0 Å². The van der Waals surface area contributed by atoms with Crippen LogP contribution in [0.2, 0.25) is 0 Å². The Kier molecular flexibility index (Phi) is 4.95. The van der Waals surface area contributed by atoms with Crippen LogP contribution in [0.4, 0.5) is 11.4 Å². The lowest BCUT2D eigenvalue weighted by atomic mass is 10.1. The molecule has 0 aliphatic rings. The summed E-state index contributed by atoms with van der Waals surface area (Å²) in [6.07, 6.45) is 0. The number of methoxy groups -OCH3 is 1. The zero-order chi connectivity index (χ0) is 16.1. The van der Waals surface area contributed by atoms with Crippen LogP contribution in [0, 0.1) is 17.0 Å². The Morgan fingerprint density at radius 3 is 2.68 bits per heavy atom. The van der Waals surface area contributed by atoms with E-state index in [1.54, 1.807) is 38.3 Å². The fourth-order valence-electron chi connectivity index (χ4n) is 2.18. The number of aryl methyl sites for hydroxylation is 1. The highest BCUT2D eigenvalue weighted by Gasteiger charge is 2.11. The van der Waals surface area contributed by atoms with E-state index in [2.05, 4.69) is 5.32 Å². The molecule has 0 saturated carbocycles. The van der Waals surface area contributed by atoms with E-state index in [0.717, 1.165) is 11.3 Å². The monoisotopic (exact) mass is 302 g/mol. The molecule has 0 aliphatic carbocycles. The molecule has 6 nitrogen and oxygen atoms in total. The standard InChI is InChI=1S/C16H18N2O4/c1-11-3-4-12(7-15(11)18(20)21)9-17-14-5-6-16(22-2)13(8-14)10-19/h3-8,17,19H,9-10H2,1-2H3. The minimum atomic E-state index is -0.379. The number of aliphatic hydroxyl groups excluding tert-OH is 1. The summed E-state index contributed by atoms with van der Waals surface area (Å²) in [5, 5.41) is 23.4. The number of nitro groups is 1. The van der Waals surface area contributed by atoms with Gasteiger partial charge < -0.3 is 15.2 Å². The lowest BCUT2D eigenvalue weighted by molar-refractivity contribution is -0.385. The second-order valence-electron chi connectivity index (χ2n) is 4.92. The SMILES string of the molecule is COc1ccc(NCc2ccc(C)c([N+](=O)[O-])c2)cc1CO. The van der Waals surface area contributed by atoms with E-state index in [1.807, 2.05) is 12.1 Å². The minimum Gasteiger partial charge on any atom is -0.496 e. The van der Waals surface area contributed by atoms with Gasteiger partial charge in [0.25, 0.3) is 5.69 Å². The Morgan fingerprint density at radius 1 is 1.27 bits per heavy atom. The molecule has 6 heteroatoms. The van der Waals surface area contributed by atoms with E-state index in [1.165, 1.54) is 0 Å². The lowest BCUT2D eigenvalue weighted by Crippen LogP contribution is -2.02. The Hall–Kier alpha value is -2.60. The van der Waals surface area contributed by atoms with Crippen LogP contribution in [0.5, 0.6) is 5.75 Å². The maximum atomic E-state index is 10.9. The highest BCUT2D eigenvalue weighted by Crippen LogP contribution is 2.24. The van der Waals surface area contributed by atoms with Gasteiger partial charge in [-0.1, -0.05) is 12.1 Å². The number of benzene rings is 2. The number of rotatable bonds is 6. The van der Waals surface area contributed by atoms with Gasteiger partial charge in [-0.25, -0.2) is 0 Å². The summed E-state index contributed by atoms with van der Waals surface area (Å²) in [7, 11) is 1.55. The van der Waals surface area contributed by atoms with Crippen molar-refractivity contribution in [2.75, 3.05) is 12.4 Å². The molecule has 0 spiro atoms. The van der Waals surface area contributed by atoms with Crippen LogP contribution in [0.3, 0.4) is 0 Å². The molecule has 0 atom stereocenters. The zero-order valence-electron chi connectivity index (χ0n) is 12.5. The summed E-state index contributed by atoms with van der Waals surface area (Å²) in [5.74, 6) is 0.624. The Labute approximate surface area is 128 Å². The third kappa shape index (κ3) is 3.53. The van der Waals surface area contributed by atoms with Crippen molar-refractivity contribution in [1.29, 1.82) is 0 Å². The molecule has 0 amide bonds. The van der Waals surface area contributed by atoms with Gasteiger partial charge in [0.2, 0.25) is 0 Å². The molecule has 2 aromatic rings. The fraction of sp³-hybridized carbons (Fsp3) is 0.250. The molecule has 2 aromatic carbocycles. The van der Waals surface area contributed by atoms with Crippen molar-refractivity contribution in [3.05, 3.63) is 63.2 Å². The topological polar surface area (TPSA) is 84.6 Å². The van der Waals surface area contributed by atoms with E-state index in [4.69, 9.17) is 4.74 Å². The Morgan fingerprint density at radius 2 is 2.05 bits per heavy atom. The van der Waals surface area contributed by atoms with Gasteiger partial charge in [-0.3, -0.25) is 10.1 Å². The quantitative estimate of drug-likeness (QED) is 0.633. The largest absolute Gasteiger partial charge is 0.496 e. The van der Waals surface area contributed by atoms with Crippen LogP contribution >= 0.6 is 0 Å². The predicted octanol–water partition coefficient (Wildman–Crippen LogP) is 3.02. The van der Waals surface area contributed by atoms with E-state index in [-0.39, 0.29) is 17.2 Å². The zero-order valence-corrected chi connectivity index (χ0v) is 12.5. The molecule has 0 fully saturated rings. The number of aliphatic hydroxyl groups is 1. The lowest BCUT2D eigenvalue weighted by Gasteiger charge is -2.11. The Balaban J connectivity index is 2.13. The van der Waals surface area contributed by atoms with Crippen LogP contribution in [-0.2, 0) is 13.2 Å². The molecule has 2 N–H and O–H groups in total. The smallest absolute Gasteiger partial charge is 0.272 e. The van der Waals surface area contributed by atoms with E-state index < -0.39 is 0 Å². The molecular weight excluding hydrogens is 284 g/mol. The predicted molar refractivity (Wildman–Crippen MR) is 84.1 cm³/mol. The first-order valence-corrected chi connectivity index (χ1v) is 6.80. The van der Waals surface area contributed by atoms with Crippen LogP contribution in [0.1, 0.15) is 16.7 Å². The van der Waals surface area contributed by atoms with Crippen molar-refractivity contribution < 1.29 is 14.8 Å². The van der Waals surface area contributed by atoms with Gasteiger partial charge in [0.05, 0.1) is 18.6 Å². The number of anilines is 1. The molecule has 0 radical (unpaired) electrons. The van der Waals surface area contributed by atoms with E-state index in [9.17, 15) is 15.2 Å². The molecule has 0 aromatic heterocycles. The van der Waals surface area contributed by atoms with E-state index in [0.29, 0.717) is 23.4 Å². The van der Waals surface area contributed by atoms with Crippen LogP contribution in [0.25, 0.3) is 0 Å². The molecule has 0 heterocycles. The summed E-state index contributed by atoms with van der Waals surface area (Å²) < 4.78 is 5.15. The molecule has 0 aliphatic heterocycles. The maximum absolute atomic E-state index is 10.9. The van der Waals surface area contributed by atoms with Gasteiger partial charge in [0, 0.05) is 29.4 Å². The van der Waals surface area contributed by atoms with E-state index >= 15 is 0 Å². The highest BCUT2D eigenvalue weighted by molar-refractivity contribution is 5.52. The molecule has 0 unspecified atom stereocenters. The molecule has 0 saturated heterocycles. The molecule has 0 bridgehead atoms. The second-order valence-corrected chi connectivity index (χ2v) is 4.92. The van der Waals surface area contributed by atoms with Crippen molar-refractivity contribution in [3.8, 4) is 5.75 Å². The summed E-state index contributed by atoms with van der Waals surface area (Å²) in [6, 6.07) is 10.6. The third-order valence-corrected chi connectivity index (χ3v) is 3.42. The molecule has 2 rings (SSSR count). The van der Waals surface area contributed by atoms with Crippen molar-refractivity contribution in [2.24, 2.45) is 0 Å². The number of hydrogen-bond donors (Lipinski definition) is 2. The summed E-state index contributed by atoms with van der Waals surface area (Å²) in [5.41, 5.74) is 3.07. The van der Waals surface area contributed by atoms with Gasteiger partial charge in [0.1, 0.15) is 5.75 Å². The summed E-state index contributed by atoms with van der Waals surface area (Å²) in [6.45, 7) is 2.05. The first-order valence-electron chi connectivity index (χ1n) is 6.80. The van der Waals surface area contributed by atoms with Gasteiger partial charge in [0.15, 0.2) is 0 Å². The first kappa shape index (κ1) is 15.8. The second kappa shape index (κ2) is 6.91. The number of nitrogens with zero attached hydrogens (tertiary/aromatic N) is 1. The average molecular weight is 302 g/mol. The molecule has 22 heavy (non-hydrogen) atoms. The maximum Gasteiger partial charge on any atom is 0.272 e. The van der Waals surface area contributed by atoms with Crippen LogP contribution < -0.4 is 10.1 Å². The van der Waals surface area contributed by atoms with Gasteiger partial charge in [-0.2, -0.15) is 0 Å². The van der Waals surface area contributed by atoms with Crippen molar-refractivity contribution in [2.45, 2.75) is 20.1 Å². The average Bonchev–Trinajstić information content (AvgIpc) is 2.53. The number of nitrogens with one attached hydrogen (secondary N) is 1. The number of hydrogen-bond acceptors (Lipinski definition) is 5. The number of ether oxygens (including phenoxy) is 1. The normalized spacial score (nSPS) is 10.3. The van der Waals surface area contributed by atoms with Gasteiger partial charge >= 0.3 is 0 Å². The summed E-state index contributed by atoms with van der Waals surface area (Å²) in [4.78, 5) is 10.6. The fourth-order valence-corrected chi connectivity index (χ4v) is 2.18.